The molecule has 1 aliphatic rings. The Morgan fingerprint density at radius 1 is 1.36 bits per heavy atom. The fraction of sp³-hybridized carbons (Fsp3) is 0.316. The van der Waals surface area contributed by atoms with Crippen LogP contribution in [0.25, 0.3) is 5.69 Å². The van der Waals surface area contributed by atoms with E-state index >= 15 is 0 Å². The van der Waals surface area contributed by atoms with Crippen molar-refractivity contribution in [1.29, 1.82) is 0 Å². The van der Waals surface area contributed by atoms with Gasteiger partial charge in [0.05, 0.1) is 12.2 Å². The van der Waals surface area contributed by atoms with Crippen LogP contribution in [-0.2, 0) is 0 Å². The molecule has 0 radical (unpaired) electrons. The molecule has 7 nitrogen and oxygen atoms in total. The highest BCUT2D eigenvalue weighted by molar-refractivity contribution is 6.02. The minimum Gasteiger partial charge on any atom is -0.320 e. The van der Waals surface area contributed by atoms with E-state index in [-0.39, 0.29) is 24.4 Å². The van der Waals surface area contributed by atoms with Gasteiger partial charge in [0.25, 0.3) is 5.91 Å². The molecular formula is C19H22ClFN6O. The third kappa shape index (κ3) is 4.23. The van der Waals surface area contributed by atoms with Crippen molar-refractivity contribution in [1.82, 2.24) is 24.9 Å². The molecule has 0 bridgehead atoms. The van der Waals surface area contributed by atoms with Gasteiger partial charge in [-0.15, -0.1) is 12.4 Å². The number of benzene rings is 1. The molecule has 1 aromatic carbocycles. The predicted molar refractivity (Wildman–Crippen MR) is 107 cm³/mol. The van der Waals surface area contributed by atoms with E-state index in [1.807, 2.05) is 17.8 Å². The van der Waals surface area contributed by atoms with Gasteiger partial charge in [-0.05, 0) is 56.1 Å². The van der Waals surface area contributed by atoms with E-state index in [9.17, 15) is 9.18 Å². The minimum atomic E-state index is -0.463. The zero-order chi connectivity index (χ0) is 18.8. The number of aromatic nitrogens is 4. The second-order valence-electron chi connectivity index (χ2n) is 6.76. The van der Waals surface area contributed by atoms with E-state index in [1.54, 1.807) is 30.6 Å². The molecule has 1 aliphatic heterocycles. The molecule has 148 valence electrons. The van der Waals surface area contributed by atoms with Gasteiger partial charge in [-0.2, -0.15) is 10.2 Å². The Bertz CT molecular complexity index is 963. The van der Waals surface area contributed by atoms with Gasteiger partial charge in [0.15, 0.2) is 11.5 Å². The maximum atomic E-state index is 14.4. The van der Waals surface area contributed by atoms with Crippen LogP contribution < -0.4 is 10.6 Å². The summed E-state index contributed by atoms with van der Waals surface area (Å²) in [5.74, 6) is -0.825. The van der Waals surface area contributed by atoms with E-state index in [4.69, 9.17) is 0 Å². The number of piperidine rings is 1. The van der Waals surface area contributed by atoms with Crippen molar-refractivity contribution < 1.29 is 9.18 Å². The summed E-state index contributed by atoms with van der Waals surface area (Å²) in [5, 5.41) is 14.5. The number of rotatable bonds is 4. The lowest BCUT2D eigenvalue weighted by Crippen LogP contribution is -2.32. The number of carbonyl (C=O) groups excluding carboxylic acids is 1. The third-order valence-electron chi connectivity index (χ3n) is 4.65. The van der Waals surface area contributed by atoms with Crippen molar-refractivity contribution in [2.75, 3.05) is 18.4 Å². The van der Waals surface area contributed by atoms with Crippen LogP contribution in [0.1, 0.15) is 34.9 Å². The van der Waals surface area contributed by atoms with Crippen molar-refractivity contribution in [2.45, 2.75) is 25.8 Å². The Balaban J connectivity index is 0.00000225. The van der Waals surface area contributed by atoms with Crippen LogP contribution in [0.15, 0.2) is 42.9 Å². The normalized spacial score (nSPS) is 16.4. The van der Waals surface area contributed by atoms with E-state index in [1.165, 1.54) is 10.7 Å². The van der Waals surface area contributed by atoms with Crippen LogP contribution in [-0.4, -0.2) is 38.6 Å². The number of carbonyl (C=O) groups is 1. The lowest BCUT2D eigenvalue weighted by molar-refractivity contribution is 0.102. The van der Waals surface area contributed by atoms with E-state index in [2.05, 4.69) is 20.8 Å². The van der Waals surface area contributed by atoms with Crippen molar-refractivity contribution in [3.05, 3.63) is 59.9 Å². The fourth-order valence-electron chi connectivity index (χ4n) is 3.23. The number of halogens is 2. The minimum absolute atomic E-state index is 0. The van der Waals surface area contributed by atoms with E-state index in [0.717, 1.165) is 31.5 Å². The lowest BCUT2D eigenvalue weighted by atomic mass is 10.1. The topological polar surface area (TPSA) is 76.8 Å². The second kappa shape index (κ2) is 8.53. The van der Waals surface area contributed by atoms with Crippen LogP contribution in [0.2, 0.25) is 0 Å². The zero-order valence-corrected chi connectivity index (χ0v) is 16.2. The molecule has 4 rings (SSSR count). The second-order valence-corrected chi connectivity index (χ2v) is 6.76. The molecule has 3 aromatic rings. The summed E-state index contributed by atoms with van der Waals surface area (Å²) in [7, 11) is 0. The molecule has 2 N–H and O–H groups in total. The summed E-state index contributed by atoms with van der Waals surface area (Å²) in [5.41, 5.74) is 1.96. The lowest BCUT2D eigenvalue weighted by Gasteiger charge is -2.22. The van der Waals surface area contributed by atoms with Crippen LogP contribution in [0.5, 0.6) is 0 Å². The van der Waals surface area contributed by atoms with Gasteiger partial charge >= 0.3 is 0 Å². The smallest absolute Gasteiger partial charge is 0.276 e. The summed E-state index contributed by atoms with van der Waals surface area (Å²) in [6, 6.07) is 6.46. The monoisotopic (exact) mass is 404 g/mol. The summed E-state index contributed by atoms with van der Waals surface area (Å²) in [4.78, 5) is 12.4. The molecule has 0 spiro atoms. The predicted octanol–water partition coefficient (Wildman–Crippen LogP) is 3.11. The molecule has 1 amide bonds. The Kier molecular flexibility index (Phi) is 6.11. The number of nitrogens with zero attached hydrogens (tertiary/aromatic N) is 4. The molecule has 1 atom stereocenters. The standard InChI is InChI=1S/C19H21FN6O.ClH/c1-13-10-22-26(12-13)18-5-4-14(9-16(18)20)23-19(27)17-6-8-25(24-17)15-3-2-7-21-11-15;/h4-6,8-10,12,15,21H,2-3,7,11H2,1H3,(H,23,27);1H. The molecule has 0 saturated carbocycles. The van der Waals surface area contributed by atoms with Crippen molar-refractivity contribution >= 4 is 24.0 Å². The van der Waals surface area contributed by atoms with Crippen molar-refractivity contribution in [2.24, 2.45) is 0 Å². The largest absolute Gasteiger partial charge is 0.320 e. The molecule has 28 heavy (non-hydrogen) atoms. The van der Waals surface area contributed by atoms with Gasteiger partial charge in [-0.3, -0.25) is 9.48 Å². The maximum Gasteiger partial charge on any atom is 0.276 e. The van der Waals surface area contributed by atoms with Gasteiger partial charge in [0.1, 0.15) is 5.69 Å². The molecule has 1 saturated heterocycles. The summed E-state index contributed by atoms with van der Waals surface area (Å²) < 4.78 is 17.7. The Labute approximate surface area is 168 Å². The number of aryl methyl sites for hydroxylation is 1. The first-order chi connectivity index (χ1) is 13.1. The molecule has 1 unspecified atom stereocenters. The van der Waals surface area contributed by atoms with Gasteiger partial charge < -0.3 is 10.6 Å². The van der Waals surface area contributed by atoms with Crippen LogP contribution in [0.4, 0.5) is 10.1 Å². The average molecular weight is 405 g/mol. The summed E-state index contributed by atoms with van der Waals surface area (Å²) in [6.07, 6.45) is 7.34. The first-order valence-corrected chi connectivity index (χ1v) is 8.98. The highest BCUT2D eigenvalue weighted by Gasteiger charge is 2.18. The van der Waals surface area contributed by atoms with Gasteiger partial charge in [0, 0.05) is 24.6 Å². The Morgan fingerprint density at radius 2 is 2.21 bits per heavy atom. The van der Waals surface area contributed by atoms with Crippen LogP contribution >= 0.6 is 12.4 Å². The molecule has 0 aliphatic carbocycles. The van der Waals surface area contributed by atoms with Crippen molar-refractivity contribution in [3.63, 3.8) is 0 Å². The van der Waals surface area contributed by atoms with Crippen LogP contribution in [0, 0.1) is 12.7 Å². The number of nitrogens with one attached hydrogen (secondary N) is 2. The average Bonchev–Trinajstić information content (AvgIpc) is 3.32. The van der Waals surface area contributed by atoms with Gasteiger partial charge in [-0.25, -0.2) is 9.07 Å². The fourth-order valence-corrected chi connectivity index (χ4v) is 3.23. The summed E-state index contributed by atoms with van der Waals surface area (Å²) >= 11 is 0. The highest BCUT2D eigenvalue weighted by atomic mass is 35.5. The SMILES string of the molecule is Cc1cnn(-c2ccc(NC(=O)c3ccn(C4CCCNC4)n3)cc2F)c1.Cl. The number of hydrogen-bond donors (Lipinski definition) is 2. The number of anilines is 1. The van der Waals surface area contributed by atoms with E-state index < -0.39 is 5.82 Å². The Morgan fingerprint density at radius 3 is 2.89 bits per heavy atom. The maximum absolute atomic E-state index is 14.4. The zero-order valence-electron chi connectivity index (χ0n) is 15.4. The molecule has 3 heterocycles. The molecule has 1 fully saturated rings. The first-order valence-electron chi connectivity index (χ1n) is 8.98. The summed E-state index contributed by atoms with van der Waals surface area (Å²) in [6.45, 7) is 3.76. The number of amides is 1. The van der Waals surface area contributed by atoms with Crippen LogP contribution in [0.3, 0.4) is 0 Å². The molecule has 2 aromatic heterocycles. The molecule has 9 heteroatoms. The first kappa shape index (κ1) is 20.0. The number of hydrogen-bond acceptors (Lipinski definition) is 4. The molecular weight excluding hydrogens is 383 g/mol. The van der Waals surface area contributed by atoms with Gasteiger partial charge in [0.2, 0.25) is 0 Å². The van der Waals surface area contributed by atoms with Crippen molar-refractivity contribution in [3.8, 4) is 5.69 Å². The Hall–Kier alpha value is -2.71. The quantitative estimate of drug-likeness (QED) is 0.700. The third-order valence-corrected chi connectivity index (χ3v) is 4.65. The van der Waals surface area contributed by atoms with E-state index in [0.29, 0.717) is 17.1 Å². The van der Waals surface area contributed by atoms with Gasteiger partial charge in [-0.1, -0.05) is 0 Å². The highest BCUT2D eigenvalue weighted by Crippen LogP contribution is 2.20.